The topological polar surface area (TPSA) is 102 Å². The molecule has 1 N–H and O–H groups in total. The second-order valence-electron chi connectivity index (χ2n) is 9.42. The van der Waals surface area contributed by atoms with Crippen molar-refractivity contribution in [2.24, 2.45) is 0 Å². The van der Waals surface area contributed by atoms with E-state index >= 15 is 8.78 Å². The van der Waals surface area contributed by atoms with Crippen molar-refractivity contribution in [1.29, 1.82) is 0 Å². The summed E-state index contributed by atoms with van der Waals surface area (Å²) in [5.74, 6) is -5.78. The van der Waals surface area contributed by atoms with Crippen molar-refractivity contribution in [2.45, 2.75) is 42.4 Å². The molecule has 0 radical (unpaired) electrons. The maximum absolute atomic E-state index is 15.8. The van der Waals surface area contributed by atoms with Gasteiger partial charge in [0.2, 0.25) is 15.8 Å². The van der Waals surface area contributed by atoms with Crippen molar-refractivity contribution in [1.82, 2.24) is 9.62 Å². The fourth-order valence-corrected chi connectivity index (χ4v) is 5.75. The number of hydrogen-bond donors (Lipinski definition) is 1. The maximum atomic E-state index is 15.8. The Hall–Kier alpha value is -3.67. The molecule has 212 valence electrons. The molecule has 0 spiro atoms. The van der Waals surface area contributed by atoms with Crippen molar-refractivity contribution in [3.05, 3.63) is 102 Å². The summed E-state index contributed by atoms with van der Waals surface area (Å²) in [7, 11) is -4.41. The predicted octanol–water partition coefficient (Wildman–Crippen LogP) is 4.21. The number of Topliss-reactive ketones (excluding diaryl/α,β-unsaturated/α-hetero) is 1. The molecule has 0 aromatic heterocycles. The SMILES string of the molecule is O=C(N[C@@H](Cc1ccccc1)C(=O)C(F)(F)CN(Cc1ccccc1)S(=O)(=O)c1ccccc1)OC1CCOC1. The molecule has 1 aliphatic rings. The van der Waals surface area contributed by atoms with Crippen molar-refractivity contribution in [3.63, 3.8) is 0 Å². The van der Waals surface area contributed by atoms with Gasteiger partial charge in [0.25, 0.3) is 0 Å². The molecule has 2 atom stereocenters. The number of nitrogens with zero attached hydrogens (tertiary/aromatic N) is 1. The molecule has 0 aliphatic carbocycles. The van der Waals surface area contributed by atoms with Crippen LogP contribution in [-0.4, -0.2) is 62.4 Å². The first kappa shape index (κ1) is 29.3. The highest BCUT2D eigenvalue weighted by Crippen LogP contribution is 2.26. The van der Waals surface area contributed by atoms with Gasteiger partial charge in [-0.15, -0.1) is 0 Å². The minimum absolute atomic E-state index is 0.173. The maximum Gasteiger partial charge on any atom is 0.408 e. The van der Waals surface area contributed by atoms with E-state index in [0.29, 0.717) is 28.5 Å². The summed E-state index contributed by atoms with van der Waals surface area (Å²) in [6.45, 7) is -1.24. The zero-order chi connectivity index (χ0) is 28.6. The quantitative estimate of drug-likeness (QED) is 0.349. The lowest BCUT2D eigenvalue weighted by Crippen LogP contribution is -2.54. The first-order valence-corrected chi connectivity index (χ1v) is 14.2. The molecule has 1 saturated heterocycles. The monoisotopic (exact) mass is 572 g/mol. The molecule has 3 aromatic rings. The lowest BCUT2D eigenvalue weighted by molar-refractivity contribution is -0.146. The van der Waals surface area contributed by atoms with Crippen LogP contribution in [0.3, 0.4) is 0 Å². The number of ketones is 1. The van der Waals surface area contributed by atoms with Gasteiger partial charge in [-0.3, -0.25) is 4.79 Å². The minimum atomic E-state index is -4.41. The van der Waals surface area contributed by atoms with Crippen molar-refractivity contribution >= 4 is 21.9 Å². The number of alkyl halides is 2. The summed E-state index contributed by atoms with van der Waals surface area (Å²) in [5.41, 5.74) is 0.991. The summed E-state index contributed by atoms with van der Waals surface area (Å²) in [6.07, 6.45) is -1.37. The highest BCUT2D eigenvalue weighted by atomic mass is 32.2. The Bertz CT molecular complexity index is 1370. The van der Waals surface area contributed by atoms with Crippen LogP contribution >= 0.6 is 0 Å². The normalized spacial score (nSPS) is 16.4. The van der Waals surface area contributed by atoms with Crippen LogP contribution in [0.25, 0.3) is 0 Å². The summed E-state index contributed by atoms with van der Waals surface area (Å²) in [4.78, 5) is 25.7. The number of sulfonamides is 1. The van der Waals surface area contributed by atoms with Gasteiger partial charge in [0, 0.05) is 19.4 Å². The van der Waals surface area contributed by atoms with Gasteiger partial charge in [-0.1, -0.05) is 78.9 Å². The summed E-state index contributed by atoms with van der Waals surface area (Å²) in [5, 5.41) is 2.28. The number of carbonyl (C=O) groups excluding carboxylic acids is 2. The van der Waals surface area contributed by atoms with Crippen LogP contribution in [0.2, 0.25) is 0 Å². The van der Waals surface area contributed by atoms with E-state index in [1.807, 2.05) is 0 Å². The van der Waals surface area contributed by atoms with E-state index in [1.54, 1.807) is 66.7 Å². The zero-order valence-corrected chi connectivity index (χ0v) is 22.4. The molecule has 8 nitrogen and oxygen atoms in total. The van der Waals surface area contributed by atoms with E-state index in [1.165, 1.54) is 24.3 Å². The Labute approximate surface area is 232 Å². The Morgan fingerprint density at radius 2 is 1.52 bits per heavy atom. The number of ether oxygens (including phenoxy) is 2. The van der Waals surface area contributed by atoms with Crippen LogP contribution in [0, 0.1) is 0 Å². The summed E-state index contributed by atoms with van der Waals surface area (Å²) >= 11 is 0. The molecule has 1 amide bonds. The standard InChI is InChI=1S/C29H30F2N2O6S/c30-29(31,21-33(19-23-12-6-2-7-13-23)40(36,37)25-14-8-3-9-15-25)27(34)26(18-22-10-4-1-5-11-22)32-28(35)39-24-16-17-38-20-24/h1-15,24,26H,16-21H2,(H,32,35)/t24?,26-/m0/s1. The molecule has 0 bridgehead atoms. The molecule has 1 unspecified atom stereocenters. The number of hydrogen-bond acceptors (Lipinski definition) is 6. The van der Waals surface area contributed by atoms with Crippen LogP contribution in [0.5, 0.6) is 0 Å². The van der Waals surface area contributed by atoms with Gasteiger partial charge in [0.15, 0.2) is 0 Å². The van der Waals surface area contributed by atoms with Crippen LogP contribution in [-0.2, 0) is 37.3 Å². The van der Waals surface area contributed by atoms with E-state index in [0.717, 1.165) is 0 Å². The molecule has 1 fully saturated rings. The average molecular weight is 573 g/mol. The van der Waals surface area contributed by atoms with Crippen LogP contribution in [0.1, 0.15) is 17.5 Å². The fraction of sp³-hybridized carbons (Fsp3) is 0.310. The first-order valence-electron chi connectivity index (χ1n) is 12.8. The van der Waals surface area contributed by atoms with Crippen molar-refractivity contribution in [2.75, 3.05) is 19.8 Å². The Morgan fingerprint density at radius 3 is 2.10 bits per heavy atom. The molecule has 40 heavy (non-hydrogen) atoms. The molecule has 3 aromatic carbocycles. The fourth-order valence-electron chi connectivity index (χ4n) is 4.30. The van der Waals surface area contributed by atoms with Gasteiger partial charge in [-0.05, 0) is 23.3 Å². The minimum Gasteiger partial charge on any atom is -0.444 e. The summed E-state index contributed by atoms with van der Waals surface area (Å²) in [6, 6.07) is 22.1. The van der Waals surface area contributed by atoms with E-state index < -0.39 is 46.5 Å². The molecule has 1 aliphatic heterocycles. The number of benzene rings is 3. The van der Waals surface area contributed by atoms with Gasteiger partial charge in [-0.2, -0.15) is 13.1 Å². The lowest BCUT2D eigenvalue weighted by atomic mass is 9.98. The first-order chi connectivity index (χ1) is 19.1. The van der Waals surface area contributed by atoms with Crippen molar-refractivity contribution < 1.29 is 36.3 Å². The molecular formula is C29H30F2N2O6S. The lowest BCUT2D eigenvalue weighted by Gasteiger charge is -2.29. The average Bonchev–Trinajstić information content (AvgIpc) is 3.46. The molecule has 0 saturated carbocycles. The second kappa shape index (κ2) is 13.1. The third-order valence-corrected chi connectivity index (χ3v) is 8.18. The number of rotatable bonds is 12. The Balaban J connectivity index is 1.60. The van der Waals surface area contributed by atoms with Crippen molar-refractivity contribution in [3.8, 4) is 0 Å². The van der Waals surface area contributed by atoms with Crippen LogP contribution in [0.15, 0.2) is 95.9 Å². The Kier molecular flexibility index (Phi) is 9.62. The summed E-state index contributed by atoms with van der Waals surface area (Å²) < 4.78 is 69.4. The second-order valence-corrected chi connectivity index (χ2v) is 11.4. The number of nitrogens with one attached hydrogen (secondary N) is 1. The van der Waals surface area contributed by atoms with Crippen LogP contribution < -0.4 is 5.32 Å². The number of carbonyl (C=O) groups is 2. The van der Waals surface area contributed by atoms with Gasteiger partial charge >= 0.3 is 12.0 Å². The van der Waals surface area contributed by atoms with Gasteiger partial charge < -0.3 is 14.8 Å². The van der Waals surface area contributed by atoms with Gasteiger partial charge in [-0.25, -0.2) is 13.2 Å². The largest absolute Gasteiger partial charge is 0.444 e. The van der Waals surface area contributed by atoms with Crippen LogP contribution in [0.4, 0.5) is 13.6 Å². The van der Waals surface area contributed by atoms with E-state index in [4.69, 9.17) is 9.47 Å². The molecule has 1 heterocycles. The van der Waals surface area contributed by atoms with Gasteiger partial charge in [0.05, 0.1) is 24.7 Å². The van der Waals surface area contributed by atoms with Gasteiger partial charge in [0.1, 0.15) is 12.1 Å². The smallest absolute Gasteiger partial charge is 0.408 e. The highest BCUT2D eigenvalue weighted by molar-refractivity contribution is 7.89. The Morgan fingerprint density at radius 1 is 0.950 bits per heavy atom. The molecule has 4 rings (SSSR count). The number of amides is 1. The van der Waals surface area contributed by atoms with E-state index in [9.17, 15) is 18.0 Å². The predicted molar refractivity (Wildman–Crippen MR) is 143 cm³/mol. The third kappa shape index (κ3) is 7.71. The van der Waals surface area contributed by atoms with E-state index in [-0.39, 0.29) is 24.5 Å². The van der Waals surface area contributed by atoms with E-state index in [2.05, 4.69) is 5.32 Å². The third-order valence-electron chi connectivity index (χ3n) is 6.37. The number of halogens is 2. The highest BCUT2D eigenvalue weighted by Gasteiger charge is 2.47. The number of alkyl carbamates (subject to hydrolysis) is 1. The molecule has 11 heteroatoms. The zero-order valence-electron chi connectivity index (χ0n) is 21.6. The molecular weight excluding hydrogens is 542 g/mol.